The van der Waals surface area contributed by atoms with Crippen molar-refractivity contribution in [1.82, 2.24) is 0 Å². The molecule has 0 aliphatic heterocycles. The molecule has 0 aliphatic carbocycles. The smallest absolute Gasteiger partial charge is 0.744 e. The maximum atomic E-state index is 13.6. The molecule has 0 aliphatic rings. The van der Waals surface area contributed by atoms with Gasteiger partial charge in [0, 0.05) is 0 Å². The van der Waals surface area contributed by atoms with Crippen LogP contribution in [-0.4, -0.2) is 54.9 Å². The molecule has 214 valence electrons. The van der Waals surface area contributed by atoms with Gasteiger partial charge in [0.2, 0.25) is 11.7 Å². The summed E-state index contributed by atoms with van der Waals surface area (Å²) < 4.78 is 258. The van der Waals surface area contributed by atoms with Gasteiger partial charge < -0.3 is 9.29 Å². The van der Waals surface area contributed by atoms with Crippen molar-refractivity contribution in [3.8, 4) is 5.75 Å². The topological polar surface area (TPSA) is 66.4 Å². The van der Waals surface area contributed by atoms with Gasteiger partial charge in [-0.2, -0.15) is 70.2 Å². The van der Waals surface area contributed by atoms with Crippen LogP contribution in [0.25, 0.3) is 0 Å². The standard InChI is InChI=1S/C15H5F17O4S.Na/c16-7(8(17)10(20,21)36-5-1-3-6(4-2-5)37(33,34)35)9(18,19)11(22,23)12(24,25)13(26,27)14(28,29)15(30,31)32;/h1-4H,(H,33,34,35);/q;+1/p-1. The van der Waals surface area contributed by atoms with Crippen LogP contribution >= 0.6 is 0 Å². The van der Waals surface area contributed by atoms with E-state index in [2.05, 4.69) is 4.74 Å². The first-order valence-electron chi connectivity index (χ1n) is 8.15. The van der Waals surface area contributed by atoms with Gasteiger partial charge in [0.05, 0.1) is 4.90 Å². The fourth-order valence-corrected chi connectivity index (χ4v) is 2.51. The molecule has 0 atom stereocenters. The van der Waals surface area contributed by atoms with Crippen LogP contribution in [0, 0.1) is 0 Å². The molecule has 0 saturated carbocycles. The number of allylic oxidation sites excluding steroid dienone is 1. The summed E-state index contributed by atoms with van der Waals surface area (Å²) >= 11 is 0. The quantitative estimate of drug-likeness (QED) is 0.240. The van der Waals surface area contributed by atoms with Gasteiger partial charge >= 0.3 is 71.5 Å². The Morgan fingerprint density at radius 1 is 0.632 bits per heavy atom. The van der Waals surface area contributed by atoms with E-state index in [-0.39, 0.29) is 53.8 Å². The van der Waals surface area contributed by atoms with Gasteiger partial charge in [-0.25, -0.2) is 12.8 Å². The molecule has 0 fully saturated rings. The van der Waals surface area contributed by atoms with E-state index in [0.717, 1.165) is 0 Å². The van der Waals surface area contributed by atoms with Gasteiger partial charge in [-0.15, -0.1) is 0 Å². The van der Waals surface area contributed by atoms with Crippen molar-refractivity contribution < 1.29 is 122 Å². The molecule has 1 aromatic rings. The predicted octanol–water partition coefficient (Wildman–Crippen LogP) is 3.46. The van der Waals surface area contributed by atoms with E-state index in [1.165, 1.54) is 0 Å². The van der Waals surface area contributed by atoms with Crippen molar-refractivity contribution in [3.05, 3.63) is 35.9 Å². The van der Waals surface area contributed by atoms with Gasteiger partial charge in [-0.3, -0.25) is 0 Å². The van der Waals surface area contributed by atoms with Gasteiger partial charge in [0.1, 0.15) is 15.9 Å². The molecule has 23 heteroatoms. The number of hydrogen-bond donors (Lipinski definition) is 0. The first kappa shape index (κ1) is 36.5. The Morgan fingerprint density at radius 3 is 1.34 bits per heavy atom. The monoisotopic (exact) mass is 626 g/mol. The molecule has 0 N–H and O–H groups in total. The van der Waals surface area contributed by atoms with Gasteiger partial charge in [0.15, 0.2) is 0 Å². The fraction of sp³-hybridized carbons (Fsp3) is 0.467. The van der Waals surface area contributed by atoms with E-state index in [1.54, 1.807) is 0 Å². The molecule has 38 heavy (non-hydrogen) atoms. The molecule has 0 spiro atoms. The third-order valence-corrected chi connectivity index (χ3v) is 4.87. The molecule has 4 nitrogen and oxygen atoms in total. The van der Waals surface area contributed by atoms with Crippen LogP contribution < -0.4 is 34.3 Å². The predicted molar refractivity (Wildman–Crippen MR) is 80.0 cm³/mol. The van der Waals surface area contributed by atoms with E-state index in [4.69, 9.17) is 0 Å². The third-order valence-electron chi connectivity index (χ3n) is 4.02. The molecular formula is C15H4F17NaO4S. The summed E-state index contributed by atoms with van der Waals surface area (Å²) in [6.45, 7) is 0. The van der Waals surface area contributed by atoms with Crippen molar-refractivity contribution in [2.75, 3.05) is 0 Å². The molecular weight excluding hydrogens is 622 g/mol. The summed E-state index contributed by atoms with van der Waals surface area (Å²) in [5.74, 6) is -52.9. The second-order valence-corrected chi connectivity index (χ2v) is 7.92. The minimum Gasteiger partial charge on any atom is -0.744 e. The van der Waals surface area contributed by atoms with Crippen LogP contribution in [0.2, 0.25) is 0 Å². The Kier molecular flexibility index (Phi) is 10.0. The first-order valence-corrected chi connectivity index (χ1v) is 9.55. The van der Waals surface area contributed by atoms with Crippen molar-refractivity contribution >= 4 is 10.1 Å². The molecule has 0 radical (unpaired) electrons. The maximum absolute atomic E-state index is 13.6. The average Bonchev–Trinajstić information content (AvgIpc) is 2.70. The molecule has 0 heterocycles. The summed E-state index contributed by atoms with van der Waals surface area (Å²) in [4.78, 5) is -1.18. The SMILES string of the molecule is O=S(=O)([O-])c1ccc(OC(F)(F)C(F)=C(F)C(F)(F)C(F)(F)C(F)(F)C(F)(F)C(F)(F)C(F)(F)F)cc1.[Na+]. The zero-order chi connectivity index (χ0) is 29.8. The van der Waals surface area contributed by atoms with E-state index < -0.39 is 74.3 Å². The van der Waals surface area contributed by atoms with E-state index in [1.807, 2.05) is 0 Å². The fourth-order valence-electron chi connectivity index (χ4n) is 2.04. The van der Waals surface area contributed by atoms with Gasteiger partial charge in [-0.1, -0.05) is 0 Å². The summed E-state index contributed by atoms with van der Waals surface area (Å²) in [5, 5.41) is 0. The number of rotatable bonds is 9. The van der Waals surface area contributed by atoms with Crippen molar-refractivity contribution in [1.29, 1.82) is 0 Å². The second-order valence-electron chi connectivity index (χ2n) is 6.54. The Balaban J connectivity index is 0.0000137. The van der Waals surface area contributed by atoms with Crippen LogP contribution in [0.4, 0.5) is 74.6 Å². The van der Waals surface area contributed by atoms with Crippen LogP contribution in [0.5, 0.6) is 5.75 Å². The Bertz CT molecular complexity index is 1140. The normalized spacial score (nSPS) is 15.5. The van der Waals surface area contributed by atoms with E-state index in [0.29, 0.717) is 0 Å². The van der Waals surface area contributed by atoms with Crippen LogP contribution in [0.1, 0.15) is 0 Å². The molecule has 0 bridgehead atoms. The maximum Gasteiger partial charge on any atom is 1.00 e. The van der Waals surface area contributed by atoms with Crippen molar-refractivity contribution in [2.45, 2.75) is 46.8 Å². The number of ether oxygens (including phenoxy) is 1. The number of alkyl halides is 15. The number of hydrogen-bond acceptors (Lipinski definition) is 4. The number of halogens is 17. The summed E-state index contributed by atoms with van der Waals surface area (Å²) in [7, 11) is -5.25. The Morgan fingerprint density at radius 2 is 1.00 bits per heavy atom. The number of benzene rings is 1. The third kappa shape index (κ3) is 5.97. The molecule has 1 aromatic carbocycles. The second kappa shape index (κ2) is 10.5. The van der Waals surface area contributed by atoms with Crippen LogP contribution in [0.3, 0.4) is 0 Å². The minimum atomic E-state index is -8.59. The van der Waals surface area contributed by atoms with Crippen molar-refractivity contribution in [2.24, 2.45) is 0 Å². The summed E-state index contributed by atoms with van der Waals surface area (Å²) in [5.41, 5.74) is 0. The molecule has 1 rings (SSSR count). The average molecular weight is 626 g/mol. The van der Waals surface area contributed by atoms with Crippen molar-refractivity contribution in [3.63, 3.8) is 0 Å². The zero-order valence-corrected chi connectivity index (χ0v) is 20.1. The van der Waals surface area contributed by atoms with Gasteiger partial charge in [0.25, 0.3) is 0 Å². The van der Waals surface area contributed by atoms with Crippen LogP contribution in [-0.2, 0) is 10.1 Å². The van der Waals surface area contributed by atoms with Crippen LogP contribution in [0.15, 0.2) is 40.8 Å². The largest absolute Gasteiger partial charge is 1.00 e. The Labute approximate surface area is 220 Å². The van der Waals surface area contributed by atoms with E-state index in [9.17, 15) is 87.6 Å². The summed E-state index contributed by atoms with van der Waals surface area (Å²) in [6.07, 6.45) is -14.1. The first-order chi connectivity index (χ1) is 16.0. The summed E-state index contributed by atoms with van der Waals surface area (Å²) in [6, 6.07) is 0.338. The van der Waals surface area contributed by atoms with Gasteiger partial charge in [-0.05, 0) is 24.3 Å². The molecule has 0 saturated heterocycles. The van der Waals surface area contributed by atoms with E-state index >= 15 is 0 Å². The molecule has 0 aromatic heterocycles. The molecule has 0 unspecified atom stereocenters. The minimum absolute atomic E-state index is 0. The zero-order valence-electron chi connectivity index (χ0n) is 17.3. The Hall–Kier alpha value is -1.52. The molecule has 0 amide bonds.